The van der Waals surface area contributed by atoms with Crippen LogP contribution in [0.15, 0.2) is 0 Å². The lowest BCUT2D eigenvalue weighted by Crippen LogP contribution is -2.37. The molecule has 0 aliphatic heterocycles. The average molecular weight is 269 g/mol. The summed E-state index contributed by atoms with van der Waals surface area (Å²) in [6.45, 7) is 4.81. The number of aromatic nitrogens is 2. The zero-order valence-corrected chi connectivity index (χ0v) is 11.7. The molecule has 0 amide bonds. The highest BCUT2D eigenvalue weighted by Gasteiger charge is 2.42. The summed E-state index contributed by atoms with van der Waals surface area (Å²) in [6, 6.07) is 0. The molecule has 1 saturated carbocycles. The monoisotopic (exact) mass is 269 g/mol. The molecule has 100 valence electrons. The quantitative estimate of drug-likeness (QED) is 0.831. The number of ether oxygens (including phenoxy) is 1. The molecular formula is C12H19N3O2S. The zero-order chi connectivity index (χ0) is 13.0. The molecule has 5 nitrogen and oxygen atoms in total. The van der Waals surface area contributed by atoms with Gasteiger partial charge < -0.3 is 10.1 Å². The summed E-state index contributed by atoms with van der Waals surface area (Å²) >= 11 is 1.51. The largest absolute Gasteiger partial charge is 0.466 e. The first-order valence-corrected chi connectivity index (χ1v) is 7.19. The van der Waals surface area contributed by atoms with Crippen molar-refractivity contribution in [2.75, 3.05) is 18.5 Å². The van der Waals surface area contributed by atoms with Gasteiger partial charge in [-0.25, -0.2) is 0 Å². The number of nitrogens with one attached hydrogen (secondary N) is 1. The third-order valence-electron chi connectivity index (χ3n) is 3.37. The number of esters is 1. The van der Waals surface area contributed by atoms with Crippen LogP contribution in [0.1, 0.15) is 37.6 Å². The van der Waals surface area contributed by atoms with Crippen molar-refractivity contribution in [1.82, 2.24) is 10.2 Å². The molecule has 0 bridgehead atoms. The van der Waals surface area contributed by atoms with E-state index in [1.165, 1.54) is 11.3 Å². The highest BCUT2D eigenvalue weighted by molar-refractivity contribution is 7.15. The molecule has 1 aromatic rings. The smallest absolute Gasteiger partial charge is 0.313 e. The lowest BCUT2D eigenvalue weighted by molar-refractivity contribution is -0.154. The molecule has 0 spiro atoms. The van der Waals surface area contributed by atoms with Crippen molar-refractivity contribution < 1.29 is 9.53 Å². The van der Waals surface area contributed by atoms with Crippen molar-refractivity contribution >= 4 is 22.4 Å². The third-order valence-corrected chi connectivity index (χ3v) is 4.17. The van der Waals surface area contributed by atoms with Gasteiger partial charge in [-0.15, -0.1) is 10.2 Å². The molecule has 0 atom stereocenters. The summed E-state index contributed by atoms with van der Waals surface area (Å²) in [5, 5.41) is 12.9. The zero-order valence-electron chi connectivity index (χ0n) is 10.9. The second kappa shape index (κ2) is 5.65. The molecule has 1 aliphatic rings. The Hall–Kier alpha value is -1.17. The molecule has 18 heavy (non-hydrogen) atoms. The Labute approximate surface area is 111 Å². The maximum absolute atomic E-state index is 12.1. The van der Waals surface area contributed by atoms with Crippen molar-refractivity contribution in [3.8, 4) is 0 Å². The van der Waals surface area contributed by atoms with Gasteiger partial charge in [-0.2, -0.15) is 0 Å². The van der Waals surface area contributed by atoms with Crippen LogP contribution in [-0.2, 0) is 9.53 Å². The number of nitrogens with zero attached hydrogens (tertiary/aromatic N) is 2. The molecule has 1 fully saturated rings. The van der Waals surface area contributed by atoms with Crippen molar-refractivity contribution in [2.24, 2.45) is 5.41 Å². The number of hydrogen-bond acceptors (Lipinski definition) is 6. The highest BCUT2D eigenvalue weighted by Crippen LogP contribution is 2.39. The normalized spacial score (nSPS) is 17.7. The van der Waals surface area contributed by atoms with E-state index in [0.717, 1.165) is 35.8 Å². The first-order chi connectivity index (χ1) is 8.66. The lowest BCUT2D eigenvalue weighted by atomic mass is 9.86. The van der Waals surface area contributed by atoms with Crippen molar-refractivity contribution in [2.45, 2.75) is 39.5 Å². The van der Waals surface area contributed by atoms with Crippen LogP contribution in [0.25, 0.3) is 0 Å². The standard InChI is InChI=1S/C12H19N3O2S/c1-3-17-10(16)12(6-4-5-7-12)8-13-11-15-14-9(2)18-11/h3-8H2,1-2H3,(H,13,15). The van der Waals surface area contributed by atoms with Gasteiger partial charge in [-0.3, -0.25) is 4.79 Å². The van der Waals surface area contributed by atoms with Gasteiger partial charge in [-0.1, -0.05) is 24.2 Å². The fourth-order valence-electron chi connectivity index (χ4n) is 2.40. The summed E-state index contributed by atoms with van der Waals surface area (Å²) in [6.07, 6.45) is 3.98. The Morgan fingerprint density at radius 2 is 2.17 bits per heavy atom. The first kappa shape index (κ1) is 13.3. The van der Waals surface area contributed by atoms with Crippen LogP contribution >= 0.6 is 11.3 Å². The summed E-state index contributed by atoms with van der Waals surface area (Å²) in [5.41, 5.74) is -0.365. The molecule has 1 aromatic heterocycles. The predicted molar refractivity (Wildman–Crippen MR) is 70.7 cm³/mol. The van der Waals surface area contributed by atoms with E-state index in [4.69, 9.17) is 4.74 Å². The lowest BCUT2D eigenvalue weighted by Gasteiger charge is -2.26. The number of rotatable bonds is 5. The van der Waals surface area contributed by atoms with Gasteiger partial charge in [-0.05, 0) is 26.7 Å². The molecule has 0 aromatic carbocycles. The molecule has 0 saturated heterocycles. The molecule has 1 heterocycles. The SMILES string of the molecule is CCOC(=O)C1(CNc2nnc(C)s2)CCCC1. The van der Waals surface area contributed by atoms with Gasteiger partial charge in [0.15, 0.2) is 0 Å². The Morgan fingerprint density at radius 3 is 2.72 bits per heavy atom. The Balaban J connectivity index is 2.00. The van der Waals surface area contributed by atoms with E-state index < -0.39 is 0 Å². The molecule has 0 radical (unpaired) electrons. The van der Waals surface area contributed by atoms with Crippen molar-refractivity contribution in [3.63, 3.8) is 0 Å². The van der Waals surface area contributed by atoms with Crippen LogP contribution < -0.4 is 5.32 Å². The minimum atomic E-state index is -0.365. The first-order valence-electron chi connectivity index (χ1n) is 6.37. The van der Waals surface area contributed by atoms with Gasteiger partial charge in [0, 0.05) is 6.54 Å². The van der Waals surface area contributed by atoms with E-state index in [-0.39, 0.29) is 11.4 Å². The van der Waals surface area contributed by atoms with Crippen molar-refractivity contribution in [3.05, 3.63) is 5.01 Å². The van der Waals surface area contributed by atoms with E-state index >= 15 is 0 Å². The number of aryl methyl sites for hydroxylation is 1. The third kappa shape index (κ3) is 2.80. The summed E-state index contributed by atoms with van der Waals surface area (Å²) in [4.78, 5) is 12.1. The van der Waals surface area contributed by atoms with Crippen LogP contribution in [0, 0.1) is 12.3 Å². The number of anilines is 1. The van der Waals surface area contributed by atoms with Crippen molar-refractivity contribution in [1.29, 1.82) is 0 Å². The van der Waals surface area contributed by atoms with E-state index in [2.05, 4.69) is 15.5 Å². The Kier molecular flexibility index (Phi) is 4.16. The minimum absolute atomic E-state index is 0.0729. The van der Waals surface area contributed by atoms with Crippen LogP contribution in [0.5, 0.6) is 0 Å². The molecule has 6 heteroatoms. The van der Waals surface area contributed by atoms with Gasteiger partial charge in [0.05, 0.1) is 12.0 Å². The van der Waals surface area contributed by atoms with Gasteiger partial charge in [0.2, 0.25) is 5.13 Å². The summed E-state index contributed by atoms with van der Waals surface area (Å²) < 4.78 is 5.21. The van der Waals surface area contributed by atoms with E-state index in [1.54, 1.807) is 0 Å². The van der Waals surface area contributed by atoms with E-state index in [0.29, 0.717) is 13.2 Å². The molecule has 0 unspecified atom stereocenters. The van der Waals surface area contributed by atoms with Crippen LogP contribution in [0.2, 0.25) is 0 Å². The van der Waals surface area contributed by atoms with E-state index in [1.807, 2.05) is 13.8 Å². The average Bonchev–Trinajstić information content (AvgIpc) is 2.96. The minimum Gasteiger partial charge on any atom is -0.466 e. The van der Waals surface area contributed by atoms with Crippen LogP contribution in [-0.4, -0.2) is 29.3 Å². The second-order valence-corrected chi connectivity index (χ2v) is 5.87. The maximum atomic E-state index is 12.1. The summed E-state index contributed by atoms with van der Waals surface area (Å²) in [5.74, 6) is -0.0729. The Morgan fingerprint density at radius 1 is 1.44 bits per heavy atom. The second-order valence-electron chi connectivity index (χ2n) is 4.69. The molecule has 1 N–H and O–H groups in total. The molecule has 2 rings (SSSR count). The van der Waals surface area contributed by atoms with Gasteiger partial charge in [0.25, 0.3) is 0 Å². The number of hydrogen-bond donors (Lipinski definition) is 1. The molecule has 1 aliphatic carbocycles. The van der Waals surface area contributed by atoms with E-state index in [9.17, 15) is 4.79 Å². The summed E-state index contributed by atoms with van der Waals surface area (Å²) in [7, 11) is 0. The number of carbonyl (C=O) groups excluding carboxylic acids is 1. The fraction of sp³-hybridized carbons (Fsp3) is 0.750. The topological polar surface area (TPSA) is 64.1 Å². The van der Waals surface area contributed by atoms with Gasteiger partial charge >= 0.3 is 5.97 Å². The Bertz CT molecular complexity index is 413. The highest BCUT2D eigenvalue weighted by atomic mass is 32.1. The predicted octanol–water partition coefficient (Wildman–Crippen LogP) is 2.38. The maximum Gasteiger partial charge on any atom is 0.313 e. The van der Waals surface area contributed by atoms with Crippen LogP contribution in [0.3, 0.4) is 0 Å². The molecular weight excluding hydrogens is 250 g/mol. The van der Waals surface area contributed by atoms with Gasteiger partial charge in [0.1, 0.15) is 5.01 Å². The number of carbonyl (C=O) groups is 1. The fourth-order valence-corrected chi connectivity index (χ4v) is 2.99. The van der Waals surface area contributed by atoms with Crippen LogP contribution in [0.4, 0.5) is 5.13 Å².